The second kappa shape index (κ2) is 3.45. The van der Waals surface area contributed by atoms with Gasteiger partial charge in [0.1, 0.15) is 0 Å². The Kier molecular flexibility index (Phi) is 2.86. The third-order valence-corrected chi connectivity index (χ3v) is 2.98. The molecule has 1 nitrogen and oxygen atoms in total. The van der Waals surface area contributed by atoms with Crippen LogP contribution in [0.5, 0.6) is 0 Å². The van der Waals surface area contributed by atoms with Gasteiger partial charge in [-0.05, 0) is 39.5 Å². The van der Waals surface area contributed by atoms with Gasteiger partial charge in [0.2, 0.25) is 0 Å². The topological polar surface area (TPSA) is 12.0 Å². The Hall–Kier alpha value is -0.300. The summed E-state index contributed by atoms with van der Waals surface area (Å²) in [4.78, 5) is 0. The molecule has 0 aromatic heterocycles. The summed E-state index contributed by atoms with van der Waals surface area (Å²) in [5, 5.41) is 3.56. The molecule has 0 saturated heterocycles. The monoisotopic (exact) mass is 181 g/mol. The van der Waals surface area contributed by atoms with Gasteiger partial charge in [0, 0.05) is 17.5 Å². The van der Waals surface area contributed by atoms with Crippen LogP contribution in [-0.2, 0) is 0 Å². The third kappa shape index (κ3) is 3.15. The Bertz CT molecular complexity index is 186. The van der Waals surface area contributed by atoms with E-state index in [1.165, 1.54) is 12.8 Å². The van der Waals surface area contributed by atoms with Crippen LogP contribution < -0.4 is 5.32 Å². The zero-order chi connectivity index (χ0) is 10.1. The fourth-order valence-corrected chi connectivity index (χ4v) is 1.58. The van der Waals surface area contributed by atoms with Crippen molar-refractivity contribution < 1.29 is 0 Å². The molecule has 1 aliphatic rings. The van der Waals surface area contributed by atoms with E-state index in [0.717, 1.165) is 12.5 Å². The average Bonchev–Trinajstić information content (AvgIpc) is 2.81. The highest BCUT2D eigenvalue weighted by atomic mass is 15.0. The zero-order valence-corrected chi connectivity index (χ0v) is 9.48. The first kappa shape index (κ1) is 10.8. The molecule has 1 unspecified atom stereocenters. The predicted molar refractivity (Wildman–Crippen MR) is 58.8 cm³/mol. The van der Waals surface area contributed by atoms with Crippen LogP contribution >= 0.6 is 0 Å². The van der Waals surface area contributed by atoms with Gasteiger partial charge in [-0.2, -0.15) is 0 Å². The van der Waals surface area contributed by atoms with Crippen LogP contribution in [0.1, 0.15) is 40.5 Å². The van der Waals surface area contributed by atoms with Crippen LogP contribution in [0.15, 0.2) is 12.7 Å². The number of nitrogens with one attached hydrogen (secondary N) is 1. The molecule has 1 saturated carbocycles. The highest BCUT2D eigenvalue weighted by molar-refractivity contribution is 5.03. The molecule has 0 spiro atoms. The van der Waals surface area contributed by atoms with E-state index in [0.29, 0.717) is 5.41 Å². The van der Waals surface area contributed by atoms with E-state index in [-0.39, 0.29) is 5.54 Å². The SMILES string of the molecule is C=CC(C)(CNC(C)(C)C)C1CC1. The molecule has 1 heteroatoms. The summed E-state index contributed by atoms with van der Waals surface area (Å²) in [5.41, 5.74) is 0.534. The molecule has 0 aromatic rings. The minimum atomic E-state index is 0.221. The fourth-order valence-electron chi connectivity index (χ4n) is 1.58. The van der Waals surface area contributed by atoms with Crippen molar-refractivity contribution in [2.75, 3.05) is 6.54 Å². The van der Waals surface area contributed by atoms with E-state index < -0.39 is 0 Å². The summed E-state index contributed by atoms with van der Waals surface area (Å²) in [5.74, 6) is 0.875. The normalized spacial score (nSPS) is 22.5. The molecule has 0 radical (unpaired) electrons. The Labute approximate surface area is 82.6 Å². The van der Waals surface area contributed by atoms with Crippen LogP contribution in [0.25, 0.3) is 0 Å². The number of rotatable bonds is 4. The lowest BCUT2D eigenvalue weighted by atomic mass is 9.84. The van der Waals surface area contributed by atoms with Crippen LogP contribution in [0.4, 0.5) is 0 Å². The van der Waals surface area contributed by atoms with Gasteiger partial charge in [0.15, 0.2) is 0 Å². The molecule has 13 heavy (non-hydrogen) atoms. The van der Waals surface area contributed by atoms with Crippen molar-refractivity contribution in [2.24, 2.45) is 11.3 Å². The van der Waals surface area contributed by atoms with Crippen molar-refractivity contribution in [2.45, 2.75) is 46.1 Å². The number of hydrogen-bond donors (Lipinski definition) is 1. The van der Waals surface area contributed by atoms with Crippen molar-refractivity contribution in [1.29, 1.82) is 0 Å². The Morgan fingerprint density at radius 2 is 1.85 bits per heavy atom. The van der Waals surface area contributed by atoms with Crippen LogP contribution in [0, 0.1) is 11.3 Å². The van der Waals surface area contributed by atoms with Crippen molar-refractivity contribution in [1.82, 2.24) is 5.32 Å². The summed E-state index contributed by atoms with van der Waals surface area (Å²) in [6.07, 6.45) is 4.89. The van der Waals surface area contributed by atoms with Crippen molar-refractivity contribution >= 4 is 0 Å². The minimum absolute atomic E-state index is 0.221. The molecule has 0 heterocycles. The molecule has 0 amide bonds. The lowest BCUT2D eigenvalue weighted by Crippen LogP contribution is -2.43. The van der Waals surface area contributed by atoms with Crippen molar-refractivity contribution in [3.8, 4) is 0 Å². The molecule has 0 aliphatic heterocycles. The second-order valence-corrected chi connectivity index (χ2v) is 5.59. The average molecular weight is 181 g/mol. The van der Waals surface area contributed by atoms with Crippen LogP contribution in [0.3, 0.4) is 0 Å². The zero-order valence-electron chi connectivity index (χ0n) is 9.48. The van der Waals surface area contributed by atoms with E-state index >= 15 is 0 Å². The summed E-state index contributed by atoms with van der Waals surface area (Å²) >= 11 is 0. The van der Waals surface area contributed by atoms with Crippen molar-refractivity contribution in [3.63, 3.8) is 0 Å². The van der Waals surface area contributed by atoms with Gasteiger partial charge in [0.05, 0.1) is 0 Å². The maximum atomic E-state index is 3.95. The molecule has 1 rings (SSSR count). The standard InChI is InChI=1S/C12H23N/c1-6-12(5,10-7-8-10)9-13-11(2,3)4/h6,10,13H,1,7-9H2,2-5H3. The second-order valence-electron chi connectivity index (χ2n) is 5.59. The minimum Gasteiger partial charge on any atom is -0.311 e. The predicted octanol–water partition coefficient (Wildman–Crippen LogP) is 2.98. The van der Waals surface area contributed by atoms with E-state index in [9.17, 15) is 0 Å². The first-order chi connectivity index (χ1) is 5.87. The quantitative estimate of drug-likeness (QED) is 0.657. The first-order valence-electron chi connectivity index (χ1n) is 5.26. The Morgan fingerprint density at radius 3 is 2.15 bits per heavy atom. The molecule has 0 aromatic carbocycles. The third-order valence-electron chi connectivity index (χ3n) is 2.98. The lowest BCUT2D eigenvalue weighted by molar-refractivity contribution is 0.293. The Morgan fingerprint density at radius 1 is 1.31 bits per heavy atom. The van der Waals surface area contributed by atoms with Crippen LogP contribution in [0.2, 0.25) is 0 Å². The van der Waals surface area contributed by atoms with Crippen LogP contribution in [-0.4, -0.2) is 12.1 Å². The fraction of sp³-hybridized carbons (Fsp3) is 0.833. The highest BCUT2D eigenvalue weighted by Crippen LogP contribution is 2.45. The molecule has 0 bridgehead atoms. The van der Waals surface area contributed by atoms with Gasteiger partial charge >= 0.3 is 0 Å². The summed E-state index contributed by atoms with van der Waals surface area (Å²) in [6, 6.07) is 0. The van der Waals surface area contributed by atoms with Gasteiger partial charge < -0.3 is 5.32 Å². The van der Waals surface area contributed by atoms with E-state index in [4.69, 9.17) is 0 Å². The van der Waals surface area contributed by atoms with E-state index in [1.807, 2.05) is 0 Å². The first-order valence-corrected chi connectivity index (χ1v) is 5.26. The van der Waals surface area contributed by atoms with Gasteiger partial charge in [-0.25, -0.2) is 0 Å². The molecule has 1 N–H and O–H groups in total. The Balaban J connectivity index is 2.44. The summed E-state index contributed by atoms with van der Waals surface area (Å²) in [6.45, 7) is 14.0. The summed E-state index contributed by atoms with van der Waals surface area (Å²) in [7, 11) is 0. The largest absolute Gasteiger partial charge is 0.311 e. The number of hydrogen-bond acceptors (Lipinski definition) is 1. The maximum Gasteiger partial charge on any atom is 0.00968 e. The summed E-state index contributed by atoms with van der Waals surface area (Å²) < 4.78 is 0. The van der Waals surface area contributed by atoms with Gasteiger partial charge in [-0.1, -0.05) is 13.0 Å². The van der Waals surface area contributed by atoms with E-state index in [2.05, 4.69) is 45.7 Å². The molecule has 1 aliphatic carbocycles. The highest BCUT2D eigenvalue weighted by Gasteiger charge is 2.39. The molecule has 1 fully saturated rings. The molecule has 1 atom stereocenters. The molecular formula is C12H23N. The van der Waals surface area contributed by atoms with Gasteiger partial charge in [0.25, 0.3) is 0 Å². The van der Waals surface area contributed by atoms with Gasteiger partial charge in [-0.15, -0.1) is 6.58 Å². The maximum absolute atomic E-state index is 3.95. The van der Waals surface area contributed by atoms with Gasteiger partial charge in [-0.3, -0.25) is 0 Å². The lowest BCUT2D eigenvalue weighted by Gasteiger charge is -2.31. The van der Waals surface area contributed by atoms with E-state index in [1.54, 1.807) is 0 Å². The molecule has 76 valence electrons. The molecular weight excluding hydrogens is 158 g/mol. The smallest absolute Gasteiger partial charge is 0.00968 e. The van der Waals surface area contributed by atoms with Crippen molar-refractivity contribution in [3.05, 3.63) is 12.7 Å².